The Morgan fingerprint density at radius 3 is 2.44 bits per heavy atom. The van der Waals surface area contributed by atoms with Crippen molar-refractivity contribution >= 4 is 5.78 Å². The zero-order chi connectivity index (χ0) is 13.3. The van der Waals surface area contributed by atoms with Crippen molar-refractivity contribution in [2.45, 2.75) is 47.0 Å². The molecule has 104 valence electrons. The zero-order valence-electron chi connectivity index (χ0n) is 12.5. The molecule has 0 N–H and O–H groups in total. The number of hydrogen-bond donors (Lipinski definition) is 0. The lowest BCUT2D eigenvalue weighted by atomic mass is 9.74. The molecular formula is C16H29NO. The number of ketones is 1. The highest BCUT2D eigenvalue weighted by Gasteiger charge is 2.34. The Morgan fingerprint density at radius 1 is 1.11 bits per heavy atom. The quantitative estimate of drug-likeness (QED) is 0.751. The molecule has 2 fully saturated rings. The van der Waals surface area contributed by atoms with Crippen molar-refractivity contribution in [1.29, 1.82) is 0 Å². The predicted octanol–water partition coefficient (Wildman–Crippen LogP) is 3.22. The van der Waals surface area contributed by atoms with Gasteiger partial charge in [0.2, 0.25) is 0 Å². The lowest BCUT2D eigenvalue weighted by Crippen LogP contribution is -2.45. The third kappa shape index (κ3) is 3.14. The van der Waals surface area contributed by atoms with Crippen LogP contribution < -0.4 is 0 Å². The van der Waals surface area contributed by atoms with Gasteiger partial charge in [-0.3, -0.25) is 4.79 Å². The number of piperidine rings is 1. The van der Waals surface area contributed by atoms with Gasteiger partial charge >= 0.3 is 0 Å². The van der Waals surface area contributed by atoms with Crippen LogP contribution in [0.1, 0.15) is 47.0 Å². The van der Waals surface area contributed by atoms with E-state index in [9.17, 15) is 4.79 Å². The molecule has 1 saturated heterocycles. The third-order valence-electron chi connectivity index (χ3n) is 5.30. The minimum absolute atomic E-state index is 0.307. The first kappa shape index (κ1) is 14.0. The number of carbonyl (C=O) groups excluding carboxylic acids is 1. The van der Waals surface area contributed by atoms with Crippen molar-refractivity contribution in [2.75, 3.05) is 19.6 Å². The molecule has 0 aromatic carbocycles. The van der Waals surface area contributed by atoms with Gasteiger partial charge in [-0.15, -0.1) is 0 Å². The molecule has 0 radical (unpaired) electrons. The van der Waals surface area contributed by atoms with Crippen molar-refractivity contribution in [2.24, 2.45) is 29.6 Å². The van der Waals surface area contributed by atoms with Crippen molar-refractivity contribution in [3.63, 3.8) is 0 Å². The maximum Gasteiger partial charge on any atom is 0.137 e. The van der Waals surface area contributed by atoms with E-state index < -0.39 is 0 Å². The highest BCUT2D eigenvalue weighted by atomic mass is 16.1. The van der Waals surface area contributed by atoms with Crippen LogP contribution in [0, 0.1) is 29.6 Å². The Balaban J connectivity index is 1.90. The normalized spacial score (nSPS) is 43.1. The van der Waals surface area contributed by atoms with Gasteiger partial charge in [0.05, 0.1) is 0 Å². The first-order chi connectivity index (χ1) is 8.47. The second kappa shape index (κ2) is 5.73. The fourth-order valence-corrected chi connectivity index (χ4v) is 3.77. The summed E-state index contributed by atoms with van der Waals surface area (Å²) in [5.41, 5.74) is 0. The van der Waals surface area contributed by atoms with E-state index in [-0.39, 0.29) is 0 Å². The van der Waals surface area contributed by atoms with Crippen molar-refractivity contribution in [1.82, 2.24) is 4.90 Å². The fourth-order valence-electron chi connectivity index (χ4n) is 3.77. The van der Waals surface area contributed by atoms with Gasteiger partial charge in [0.25, 0.3) is 0 Å². The lowest BCUT2D eigenvalue weighted by Gasteiger charge is -2.40. The Labute approximate surface area is 112 Å². The molecule has 2 aliphatic rings. The summed E-state index contributed by atoms with van der Waals surface area (Å²) in [5, 5.41) is 0. The summed E-state index contributed by atoms with van der Waals surface area (Å²) < 4.78 is 0. The van der Waals surface area contributed by atoms with E-state index in [0.717, 1.165) is 24.8 Å². The molecular weight excluding hydrogens is 222 g/mol. The van der Waals surface area contributed by atoms with Gasteiger partial charge < -0.3 is 4.90 Å². The van der Waals surface area contributed by atoms with Crippen LogP contribution in [0.15, 0.2) is 0 Å². The van der Waals surface area contributed by atoms with E-state index in [4.69, 9.17) is 0 Å². The Hall–Kier alpha value is -0.370. The maximum absolute atomic E-state index is 12.2. The number of nitrogens with zero attached hydrogens (tertiary/aromatic N) is 1. The summed E-state index contributed by atoms with van der Waals surface area (Å²) in [6.45, 7) is 12.6. The van der Waals surface area contributed by atoms with Gasteiger partial charge in [-0.2, -0.15) is 0 Å². The third-order valence-corrected chi connectivity index (χ3v) is 5.30. The molecule has 0 spiro atoms. The van der Waals surface area contributed by atoms with E-state index in [1.165, 1.54) is 25.9 Å². The molecule has 0 aromatic heterocycles. The van der Waals surface area contributed by atoms with Gasteiger partial charge in [0, 0.05) is 25.4 Å². The zero-order valence-corrected chi connectivity index (χ0v) is 12.5. The van der Waals surface area contributed by atoms with E-state index in [0.29, 0.717) is 23.5 Å². The summed E-state index contributed by atoms with van der Waals surface area (Å²) in [5.74, 6) is 3.64. The summed E-state index contributed by atoms with van der Waals surface area (Å²) in [4.78, 5) is 14.7. The predicted molar refractivity (Wildman–Crippen MR) is 75.4 cm³/mol. The first-order valence-electron chi connectivity index (χ1n) is 7.72. The van der Waals surface area contributed by atoms with E-state index >= 15 is 0 Å². The topological polar surface area (TPSA) is 20.3 Å². The average molecular weight is 251 g/mol. The SMILES string of the molecule is CC1CC(=O)C(CN2CCC(C)C(C)C2)C(C)C1. The van der Waals surface area contributed by atoms with Crippen LogP contribution in [-0.2, 0) is 4.79 Å². The van der Waals surface area contributed by atoms with Crippen LogP contribution in [0.2, 0.25) is 0 Å². The summed E-state index contributed by atoms with van der Waals surface area (Å²) >= 11 is 0. The van der Waals surface area contributed by atoms with Crippen LogP contribution >= 0.6 is 0 Å². The van der Waals surface area contributed by atoms with Gasteiger partial charge in [-0.1, -0.05) is 27.7 Å². The average Bonchev–Trinajstić information content (AvgIpc) is 2.28. The fraction of sp³-hybridized carbons (Fsp3) is 0.938. The molecule has 2 heteroatoms. The van der Waals surface area contributed by atoms with Crippen LogP contribution in [0.3, 0.4) is 0 Å². The molecule has 18 heavy (non-hydrogen) atoms. The van der Waals surface area contributed by atoms with Crippen molar-refractivity contribution in [3.05, 3.63) is 0 Å². The molecule has 2 nitrogen and oxygen atoms in total. The smallest absolute Gasteiger partial charge is 0.137 e. The number of hydrogen-bond acceptors (Lipinski definition) is 2. The molecule has 2 rings (SSSR count). The minimum atomic E-state index is 0.307. The molecule has 0 aromatic rings. The van der Waals surface area contributed by atoms with Crippen LogP contribution in [0.4, 0.5) is 0 Å². The highest BCUT2D eigenvalue weighted by molar-refractivity contribution is 5.82. The van der Waals surface area contributed by atoms with E-state index in [1.54, 1.807) is 0 Å². The standard InChI is InChI=1S/C16H29NO/c1-11-7-13(3)15(16(18)8-11)10-17-6-5-12(2)14(4)9-17/h11-15H,5-10H2,1-4H3. The van der Waals surface area contributed by atoms with Gasteiger partial charge in [0.15, 0.2) is 0 Å². The molecule has 1 saturated carbocycles. The Bertz CT molecular complexity index is 301. The lowest BCUT2D eigenvalue weighted by molar-refractivity contribution is -0.129. The molecule has 1 aliphatic heterocycles. The number of likely N-dealkylation sites (tertiary alicyclic amines) is 1. The monoisotopic (exact) mass is 251 g/mol. The highest BCUT2D eigenvalue weighted by Crippen LogP contribution is 2.32. The molecule has 5 unspecified atom stereocenters. The molecule has 5 atom stereocenters. The number of Topliss-reactive ketones (excluding diaryl/α,β-unsaturated/α-hetero) is 1. The minimum Gasteiger partial charge on any atom is -0.302 e. The first-order valence-corrected chi connectivity index (χ1v) is 7.72. The second-order valence-electron chi connectivity index (χ2n) is 7.10. The van der Waals surface area contributed by atoms with Crippen molar-refractivity contribution in [3.8, 4) is 0 Å². The van der Waals surface area contributed by atoms with E-state index in [2.05, 4.69) is 32.6 Å². The summed E-state index contributed by atoms with van der Waals surface area (Å²) in [7, 11) is 0. The van der Waals surface area contributed by atoms with Crippen LogP contribution in [0.5, 0.6) is 0 Å². The van der Waals surface area contributed by atoms with Crippen LogP contribution in [-0.4, -0.2) is 30.3 Å². The Morgan fingerprint density at radius 2 is 1.83 bits per heavy atom. The molecule has 0 bridgehead atoms. The second-order valence-corrected chi connectivity index (χ2v) is 7.10. The van der Waals surface area contributed by atoms with Gasteiger partial charge in [-0.25, -0.2) is 0 Å². The maximum atomic E-state index is 12.2. The van der Waals surface area contributed by atoms with Crippen LogP contribution in [0.25, 0.3) is 0 Å². The number of rotatable bonds is 2. The van der Waals surface area contributed by atoms with Gasteiger partial charge in [0.1, 0.15) is 5.78 Å². The summed E-state index contributed by atoms with van der Waals surface area (Å²) in [6.07, 6.45) is 3.35. The molecule has 1 heterocycles. The molecule has 1 aliphatic carbocycles. The summed E-state index contributed by atoms with van der Waals surface area (Å²) in [6, 6.07) is 0. The number of carbonyl (C=O) groups is 1. The Kier molecular flexibility index (Phi) is 4.47. The largest absolute Gasteiger partial charge is 0.302 e. The van der Waals surface area contributed by atoms with E-state index in [1.807, 2.05) is 0 Å². The van der Waals surface area contributed by atoms with Gasteiger partial charge in [-0.05, 0) is 43.1 Å². The van der Waals surface area contributed by atoms with Crippen molar-refractivity contribution < 1.29 is 4.79 Å². The molecule has 0 amide bonds.